The molecule has 0 fully saturated rings. The summed E-state index contributed by atoms with van der Waals surface area (Å²) in [5, 5.41) is 5.28. The molecule has 0 radical (unpaired) electrons. The van der Waals surface area contributed by atoms with Crippen molar-refractivity contribution in [1.82, 2.24) is 4.98 Å². The van der Waals surface area contributed by atoms with Crippen molar-refractivity contribution in [2.24, 2.45) is 0 Å². The summed E-state index contributed by atoms with van der Waals surface area (Å²) in [6, 6.07) is 18.4. The van der Waals surface area contributed by atoms with Crippen molar-refractivity contribution >= 4 is 35.1 Å². The van der Waals surface area contributed by atoms with Crippen molar-refractivity contribution in [3.8, 4) is 0 Å². The maximum absolute atomic E-state index is 13.2. The van der Waals surface area contributed by atoms with Crippen molar-refractivity contribution in [3.05, 3.63) is 89.7 Å². The number of hydrogen-bond donors (Lipinski definition) is 2. The lowest BCUT2D eigenvalue weighted by Gasteiger charge is -2.19. The van der Waals surface area contributed by atoms with Crippen molar-refractivity contribution in [3.63, 3.8) is 0 Å². The third-order valence-electron chi connectivity index (χ3n) is 5.67. The molecule has 0 aliphatic heterocycles. The Bertz CT molecular complexity index is 1270. The number of amides is 2. The van der Waals surface area contributed by atoms with Crippen LogP contribution < -0.4 is 10.6 Å². The molecule has 2 N–H and O–H groups in total. The van der Waals surface area contributed by atoms with Crippen molar-refractivity contribution < 1.29 is 28.7 Å². The Labute approximate surface area is 240 Å². The highest BCUT2D eigenvalue weighted by Crippen LogP contribution is 2.27. The van der Waals surface area contributed by atoms with E-state index in [0.717, 1.165) is 0 Å². The smallest absolute Gasteiger partial charge is 0.412 e. The maximum Gasteiger partial charge on any atom is 0.412 e. The molecular formula is C32H37N3O6. The van der Waals surface area contributed by atoms with Crippen LogP contribution in [-0.2, 0) is 9.47 Å². The van der Waals surface area contributed by atoms with E-state index < -0.39 is 29.3 Å². The van der Waals surface area contributed by atoms with Gasteiger partial charge in [-0.05, 0) is 102 Å². The van der Waals surface area contributed by atoms with Crippen LogP contribution in [0.1, 0.15) is 86.7 Å². The van der Waals surface area contributed by atoms with E-state index in [2.05, 4.69) is 15.6 Å². The van der Waals surface area contributed by atoms with Crippen LogP contribution in [0.5, 0.6) is 0 Å². The third kappa shape index (κ3) is 10.5. The number of nitrogens with one attached hydrogen (secondary N) is 2. The first-order valence-corrected chi connectivity index (χ1v) is 13.4. The minimum absolute atomic E-state index is 0.0693. The van der Waals surface area contributed by atoms with Gasteiger partial charge >= 0.3 is 12.2 Å². The molecule has 2 aromatic carbocycles. The van der Waals surface area contributed by atoms with E-state index in [9.17, 15) is 19.2 Å². The molecule has 0 saturated heterocycles. The zero-order chi connectivity index (χ0) is 30.2. The summed E-state index contributed by atoms with van der Waals surface area (Å²) >= 11 is 0. The highest BCUT2D eigenvalue weighted by atomic mass is 16.6. The molecule has 9 heteroatoms. The van der Waals surface area contributed by atoms with Gasteiger partial charge in [-0.1, -0.05) is 6.07 Å². The van der Waals surface area contributed by atoms with E-state index in [1.54, 1.807) is 108 Å². The van der Waals surface area contributed by atoms with Crippen LogP contribution >= 0.6 is 0 Å². The Kier molecular flexibility index (Phi) is 9.99. The predicted octanol–water partition coefficient (Wildman–Crippen LogP) is 7.41. The molecule has 1 aromatic heterocycles. The Hall–Kier alpha value is -4.53. The second-order valence-electron chi connectivity index (χ2n) is 11.6. The van der Waals surface area contributed by atoms with E-state index in [1.807, 2.05) is 6.07 Å². The van der Waals surface area contributed by atoms with Gasteiger partial charge in [-0.3, -0.25) is 25.2 Å². The molecule has 0 unspecified atom stereocenters. The quantitative estimate of drug-likeness (QED) is 0.262. The average molecular weight is 560 g/mol. The van der Waals surface area contributed by atoms with Gasteiger partial charge in [-0.2, -0.15) is 0 Å². The summed E-state index contributed by atoms with van der Waals surface area (Å²) in [6.45, 7) is 10.6. The van der Waals surface area contributed by atoms with Crippen LogP contribution in [0, 0.1) is 0 Å². The molecule has 0 aliphatic rings. The van der Waals surface area contributed by atoms with E-state index in [0.29, 0.717) is 28.2 Å². The van der Waals surface area contributed by atoms with Crippen molar-refractivity contribution in [2.45, 2.75) is 71.5 Å². The van der Waals surface area contributed by atoms with Crippen LogP contribution in [0.25, 0.3) is 0 Å². The van der Waals surface area contributed by atoms with Crippen LogP contribution in [0.3, 0.4) is 0 Å². The number of rotatable bonds is 9. The summed E-state index contributed by atoms with van der Waals surface area (Å²) in [5.74, 6) is -0.765. The van der Waals surface area contributed by atoms with Gasteiger partial charge < -0.3 is 9.47 Å². The molecular weight excluding hydrogens is 522 g/mol. The number of carbonyl (C=O) groups excluding carboxylic acids is 4. The van der Waals surface area contributed by atoms with Gasteiger partial charge in [0, 0.05) is 53.2 Å². The number of Topliss-reactive ketones (excluding diaryl/α,β-unsaturated/α-hetero) is 2. The molecule has 0 atom stereocenters. The Morgan fingerprint density at radius 1 is 0.659 bits per heavy atom. The van der Waals surface area contributed by atoms with E-state index in [4.69, 9.17) is 9.47 Å². The Balaban J connectivity index is 1.67. The minimum atomic E-state index is -0.628. The lowest BCUT2D eigenvalue weighted by molar-refractivity contribution is 0.0624. The van der Waals surface area contributed by atoms with Gasteiger partial charge in [-0.15, -0.1) is 0 Å². The lowest BCUT2D eigenvalue weighted by atomic mass is 9.89. The van der Waals surface area contributed by atoms with Gasteiger partial charge in [-0.25, -0.2) is 9.59 Å². The number of pyridine rings is 1. The molecule has 0 spiro atoms. The number of nitrogens with zero attached hydrogens (tertiary/aromatic N) is 1. The molecule has 0 saturated carbocycles. The second kappa shape index (κ2) is 13.2. The first kappa shape index (κ1) is 31.0. The SMILES string of the molecule is CC(C)(C)OC(=O)Nc1ccc(C(=O)CC(CC(=O)c2ccc(NC(=O)OC(C)(C)C)cc2)c2ccccn2)cc1. The highest BCUT2D eigenvalue weighted by Gasteiger charge is 2.23. The summed E-state index contributed by atoms with van der Waals surface area (Å²) in [6.07, 6.45) is 0.601. The van der Waals surface area contributed by atoms with E-state index in [1.165, 1.54) is 0 Å². The van der Waals surface area contributed by atoms with Gasteiger partial charge in [0.2, 0.25) is 0 Å². The fourth-order valence-corrected chi connectivity index (χ4v) is 3.90. The van der Waals surface area contributed by atoms with E-state index >= 15 is 0 Å². The molecule has 41 heavy (non-hydrogen) atoms. The molecule has 1 heterocycles. The van der Waals surface area contributed by atoms with Crippen LogP contribution in [0.4, 0.5) is 21.0 Å². The third-order valence-corrected chi connectivity index (χ3v) is 5.67. The number of anilines is 2. The summed E-state index contributed by atoms with van der Waals surface area (Å²) in [4.78, 5) is 54.9. The van der Waals surface area contributed by atoms with Crippen LogP contribution in [0.2, 0.25) is 0 Å². The van der Waals surface area contributed by atoms with Crippen LogP contribution in [0.15, 0.2) is 72.9 Å². The zero-order valence-corrected chi connectivity index (χ0v) is 24.3. The molecule has 0 bridgehead atoms. The molecule has 216 valence electrons. The number of hydrogen-bond acceptors (Lipinski definition) is 7. The van der Waals surface area contributed by atoms with Gasteiger partial charge in [0.05, 0.1) is 0 Å². The first-order valence-electron chi connectivity index (χ1n) is 13.4. The topological polar surface area (TPSA) is 124 Å². The van der Waals surface area contributed by atoms with Gasteiger partial charge in [0.25, 0.3) is 0 Å². The van der Waals surface area contributed by atoms with E-state index in [-0.39, 0.29) is 24.4 Å². The summed E-state index contributed by atoms with van der Waals surface area (Å²) in [5.41, 5.74) is 1.28. The molecule has 0 aliphatic carbocycles. The lowest BCUT2D eigenvalue weighted by Crippen LogP contribution is -2.27. The highest BCUT2D eigenvalue weighted by molar-refractivity contribution is 6.00. The number of carbonyl (C=O) groups is 4. The minimum Gasteiger partial charge on any atom is -0.444 e. The van der Waals surface area contributed by atoms with Crippen molar-refractivity contribution in [1.29, 1.82) is 0 Å². The number of aromatic nitrogens is 1. The molecule has 3 rings (SSSR count). The van der Waals surface area contributed by atoms with Crippen molar-refractivity contribution in [2.75, 3.05) is 10.6 Å². The normalized spacial score (nSPS) is 11.5. The first-order chi connectivity index (χ1) is 19.2. The summed E-state index contributed by atoms with van der Waals surface area (Å²) < 4.78 is 10.5. The molecule has 9 nitrogen and oxygen atoms in total. The predicted molar refractivity (Wildman–Crippen MR) is 157 cm³/mol. The maximum atomic E-state index is 13.2. The molecule has 3 aromatic rings. The average Bonchev–Trinajstić information content (AvgIpc) is 2.87. The second-order valence-corrected chi connectivity index (χ2v) is 11.6. The number of ether oxygens (including phenoxy) is 2. The van der Waals surface area contributed by atoms with Gasteiger partial charge in [0.1, 0.15) is 11.2 Å². The number of benzene rings is 2. The van der Waals surface area contributed by atoms with Gasteiger partial charge in [0.15, 0.2) is 11.6 Å². The Morgan fingerprint density at radius 3 is 1.41 bits per heavy atom. The number of ketones is 2. The molecule has 2 amide bonds. The fourth-order valence-electron chi connectivity index (χ4n) is 3.90. The zero-order valence-electron chi connectivity index (χ0n) is 24.3. The monoisotopic (exact) mass is 559 g/mol. The van der Waals surface area contributed by atoms with Crippen LogP contribution in [-0.4, -0.2) is 39.9 Å². The standard InChI is InChI=1S/C32H37N3O6/c1-31(2,3)40-29(38)34-24-14-10-21(11-15-24)27(36)19-23(26-9-7-8-18-33-26)20-28(37)22-12-16-25(17-13-22)35-30(39)41-32(4,5)6/h7-18,23H,19-20H2,1-6H3,(H,34,38)(H,35,39). The fraction of sp³-hybridized carbons (Fsp3) is 0.344. The largest absolute Gasteiger partial charge is 0.444 e. The Morgan fingerprint density at radius 2 is 1.07 bits per heavy atom. The summed E-state index contributed by atoms with van der Waals surface area (Å²) in [7, 11) is 0.